The lowest BCUT2D eigenvalue weighted by molar-refractivity contribution is -0.144. The van der Waals surface area contributed by atoms with Crippen LogP contribution in [0, 0.1) is 0 Å². The molecule has 1 heterocycles. The van der Waals surface area contributed by atoms with Crippen LogP contribution in [0.25, 0.3) is 5.57 Å². The van der Waals surface area contributed by atoms with Crippen molar-refractivity contribution in [2.45, 2.75) is 25.3 Å². The van der Waals surface area contributed by atoms with Gasteiger partial charge in [-0.05, 0) is 35.8 Å². The highest BCUT2D eigenvalue weighted by molar-refractivity contribution is 6.01. The van der Waals surface area contributed by atoms with Crippen molar-refractivity contribution in [3.63, 3.8) is 0 Å². The number of carbonyl (C=O) groups is 3. The average Bonchev–Trinajstić information content (AvgIpc) is 3.03. The molecule has 0 bridgehead atoms. The maximum atomic E-state index is 12.0. The molecule has 1 N–H and O–H groups in total. The van der Waals surface area contributed by atoms with Crippen molar-refractivity contribution < 1.29 is 28.6 Å². The lowest BCUT2D eigenvalue weighted by Crippen LogP contribution is -2.39. The van der Waals surface area contributed by atoms with Crippen molar-refractivity contribution in [1.29, 1.82) is 0 Å². The lowest BCUT2D eigenvalue weighted by atomic mass is 9.88. The van der Waals surface area contributed by atoms with Gasteiger partial charge in [-0.3, -0.25) is 14.4 Å². The molecule has 0 radical (unpaired) electrons. The number of esters is 1. The highest BCUT2D eigenvalue weighted by atomic mass is 16.7. The van der Waals surface area contributed by atoms with E-state index in [2.05, 4.69) is 10.1 Å². The van der Waals surface area contributed by atoms with E-state index < -0.39 is 11.9 Å². The fraction of sp³-hybridized carbons (Fsp3) is 0.353. The Labute approximate surface area is 138 Å². The third kappa shape index (κ3) is 3.40. The topological polar surface area (TPSA) is 90.9 Å². The van der Waals surface area contributed by atoms with Gasteiger partial charge >= 0.3 is 5.97 Å². The maximum absolute atomic E-state index is 12.0. The first-order valence-electron chi connectivity index (χ1n) is 7.57. The number of hydrogen-bond acceptors (Lipinski definition) is 6. The van der Waals surface area contributed by atoms with Gasteiger partial charge in [0.05, 0.1) is 13.2 Å². The Morgan fingerprint density at radius 1 is 1.29 bits per heavy atom. The molecule has 0 fully saturated rings. The normalized spacial score (nSPS) is 18.8. The molecule has 126 valence electrons. The highest BCUT2D eigenvalue weighted by Gasteiger charge is 2.26. The Morgan fingerprint density at radius 3 is 2.88 bits per heavy atom. The molecule has 24 heavy (non-hydrogen) atoms. The summed E-state index contributed by atoms with van der Waals surface area (Å²) in [5.41, 5.74) is 1.47. The number of rotatable bonds is 4. The fourth-order valence-corrected chi connectivity index (χ4v) is 2.75. The van der Waals surface area contributed by atoms with Crippen molar-refractivity contribution in [3.05, 3.63) is 29.8 Å². The Bertz CT molecular complexity index is 724. The summed E-state index contributed by atoms with van der Waals surface area (Å²) in [6.45, 7) is 0.163. The van der Waals surface area contributed by atoms with Crippen LogP contribution in [-0.4, -0.2) is 37.6 Å². The molecule has 3 rings (SSSR count). The van der Waals surface area contributed by atoms with Gasteiger partial charge in [-0.1, -0.05) is 6.07 Å². The number of ketones is 1. The Morgan fingerprint density at radius 2 is 2.08 bits per heavy atom. The van der Waals surface area contributed by atoms with Crippen LogP contribution in [0.15, 0.2) is 24.3 Å². The van der Waals surface area contributed by atoms with Gasteiger partial charge in [0.2, 0.25) is 12.7 Å². The second-order valence-corrected chi connectivity index (χ2v) is 5.55. The molecule has 1 aromatic carbocycles. The van der Waals surface area contributed by atoms with E-state index in [1.165, 1.54) is 13.2 Å². The molecule has 1 aliphatic carbocycles. The fourth-order valence-electron chi connectivity index (χ4n) is 2.75. The quantitative estimate of drug-likeness (QED) is 0.659. The summed E-state index contributed by atoms with van der Waals surface area (Å²) in [5, 5.41) is 2.79. The average molecular weight is 331 g/mol. The predicted molar refractivity (Wildman–Crippen MR) is 83.3 cm³/mol. The van der Waals surface area contributed by atoms with Crippen LogP contribution < -0.4 is 14.8 Å². The van der Waals surface area contributed by atoms with Crippen molar-refractivity contribution >= 4 is 23.2 Å². The van der Waals surface area contributed by atoms with E-state index in [9.17, 15) is 14.4 Å². The van der Waals surface area contributed by atoms with Crippen LogP contribution in [0.5, 0.6) is 11.5 Å². The first kappa shape index (κ1) is 16.0. The minimum absolute atomic E-state index is 0.00105. The zero-order valence-electron chi connectivity index (χ0n) is 13.2. The number of amides is 1. The molecule has 1 aromatic rings. The molecule has 1 atom stereocenters. The van der Waals surface area contributed by atoms with Gasteiger partial charge in [0.15, 0.2) is 17.3 Å². The number of carbonyl (C=O) groups excluding carboxylic acids is 3. The summed E-state index contributed by atoms with van der Waals surface area (Å²) in [6.07, 6.45) is 2.00. The Balaban J connectivity index is 1.81. The van der Waals surface area contributed by atoms with Gasteiger partial charge in [0.1, 0.15) is 6.42 Å². The van der Waals surface area contributed by atoms with E-state index in [1.807, 2.05) is 6.07 Å². The summed E-state index contributed by atoms with van der Waals surface area (Å²) in [6, 6.07) is 5.02. The molecular weight excluding hydrogens is 314 g/mol. The second kappa shape index (κ2) is 6.74. The summed E-state index contributed by atoms with van der Waals surface area (Å²) in [7, 11) is 1.23. The second-order valence-electron chi connectivity index (χ2n) is 5.55. The zero-order valence-corrected chi connectivity index (χ0v) is 13.2. The van der Waals surface area contributed by atoms with Crippen LogP contribution in [0.4, 0.5) is 0 Å². The minimum Gasteiger partial charge on any atom is -0.469 e. The number of nitrogens with one attached hydrogen (secondary N) is 1. The molecule has 1 unspecified atom stereocenters. The molecule has 0 saturated carbocycles. The maximum Gasteiger partial charge on any atom is 0.315 e. The van der Waals surface area contributed by atoms with Crippen molar-refractivity contribution in [1.82, 2.24) is 5.32 Å². The van der Waals surface area contributed by atoms with Crippen LogP contribution in [0.1, 0.15) is 24.8 Å². The smallest absolute Gasteiger partial charge is 0.315 e. The summed E-state index contributed by atoms with van der Waals surface area (Å²) >= 11 is 0. The lowest BCUT2D eigenvalue weighted by Gasteiger charge is -2.25. The first-order valence-corrected chi connectivity index (χ1v) is 7.57. The van der Waals surface area contributed by atoms with Gasteiger partial charge in [-0.2, -0.15) is 0 Å². The molecule has 0 aromatic heterocycles. The summed E-state index contributed by atoms with van der Waals surface area (Å²) in [4.78, 5) is 35.0. The summed E-state index contributed by atoms with van der Waals surface area (Å²) < 4.78 is 15.1. The number of benzene rings is 1. The van der Waals surface area contributed by atoms with Crippen LogP contribution >= 0.6 is 0 Å². The molecule has 0 saturated heterocycles. The Hall–Kier alpha value is -2.83. The molecule has 1 aliphatic heterocycles. The van der Waals surface area contributed by atoms with Crippen LogP contribution in [-0.2, 0) is 19.1 Å². The van der Waals surface area contributed by atoms with E-state index in [0.29, 0.717) is 29.9 Å². The number of allylic oxidation sites excluding steroid dienone is 1. The van der Waals surface area contributed by atoms with Crippen molar-refractivity contribution in [3.8, 4) is 11.5 Å². The molecule has 2 aliphatic rings. The zero-order chi connectivity index (χ0) is 17.1. The standard InChI is InChI=1S/C17H17NO6/c1-22-17(21)8-16(20)18-13-4-3-11(19)7-12(13)10-2-5-14-15(6-10)24-9-23-14/h2,5-7,13H,3-4,8-9H2,1H3,(H,18,20). The monoisotopic (exact) mass is 331 g/mol. The number of methoxy groups -OCH3 is 1. The van der Waals surface area contributed by atoms with E-state index in [1.54, 1.807) is 12.1 Å². The van der Waals surface area contributed by atoms with E-state index >= 15 is 0 Å². The summed E-state index contributed by atoms with van der Waals surface area (Å²) in [5.74, 6) is 0.209. The largest absolute Gasteiger partial charge is 0.469 e. The molecule has 1 amide bonds. The Kier molecular flexibility index (Phi) is 4.50. The van der Waals surface area contributed by atoms with Crippen LogP contribution in [0.3, 0.4) is 0 Å². The van der Waals surface area contributed by atoms with Gasteiger partial charge in [0, 0.05) is 6.42 Å². The van der Waals surface area contributed by atoms with E-state index in [0.717, 1.165) is 5.56 Å². The van der Waals surface area contributed by atoms with Gasteiger partial charge in [-0.25, -0.2) is 0 Å². The van der Waals surface area contributed by atoms with Crippen molar-refractivity contribution in [2.75, 3.05) is 13.9 Å². The SMILES string of the molecule is COC(=O)CC(=O)NC1CCC(=O)C=C1c1ccc2c(c1)OCO2. The van der Waals surface area contributed by atoms with Gasteiger partial charge in [0.25, 0.3) is 0 Å². The highest BCUT2D eigenvalue weighted by Crippen LogP contribution is 2.36. The van der Waals surface area contributed by atoms with E-state index in [-0.39, 0.29) is 25.0 Å². The molecule has 7 heteroatoms. The third-order valence-electron chi connectivity index (χ3n) is 3.95. The molecule has 7 nitrogen and oxygen atoms in total. The molecular formula is C17H17NO6. The number of hydrogen-bond donors (Lipinski definition) is 1. The van der Waals surface area contributed by atoms with Gasteiger partial charge in [-0.15, -0.1) is 0 Å². The number of ether oxygens (including phenoxy) is 3. The van der Waals surface area contributed by atoms with E-state index in [4.69, 9.17) is 9.47 Å². The van der Waals surface area contributed by atoms with Crippen LogP contribution in [0.2, 0.25) is 0 Å². The van der Waals surface area contributed by atoms with Crippen molar-refractivity contribution in [2.24, 2.45) is 0 Å². The van der Waals surface area contributed by atoms with Gasteiger partial charge < -0.3 is 19.5 Å². The molecule has 0 spiro atoms. The minimum atomic E-state index is -0.604. The number of fused-ring (bicyclic) bond motifs is 1. The first-order chi connectivity index (χ1) is 11.6. The predicted octanol–water partition coefficient (Wildman–Crippen LogP) is 1.21. The third-order valence-corrected chi connectivity index (χ3v) is 3.95.